The molecule has 1 heterocycles. The number of rotatable bonds is 0. The monoisotopic (exact) mass is 228 g/mol. The molecule has 0 atom stereocenters. The van der Waals surface area contributed by atoms with Crippen molar-refractivity contribution in [2.75, 3.05) is 0 Å². The van der Waals surface area contributed by atoms with Crippen molar-refractivity contribution in [1.82, 2.24) is 4.57 Å². The fourth-order valence-corrected chi connectivity index (χ4v) is 2.21. The standard InChI is InChI=1S/C16H22N/c1-15(2,3)13-11-17(16(4,5)6)14-10-8-7-9-12(13)14/h7-10H,1-6H3. The maximum absolute atomic E-state index is 3.59. The average Bonchev–Trinajstić information content (AvgIpc) is 2.55. The lowest BCUT2D eigenvalue weighted by atomic mass is 9.87. The summed E-state index contributed by atoms with van der Waals surface area (Å²) in [6.07, 6.45) is 3.59. The van der Waals surface area contributed by atoms with Crippen LogP contribution in [0.4, 0.5) is 0 Å². The average molecular weight is 228 g/mol. The van der Waals surface area contributed by atoms with E-state index in [4.69, 9.17) is 0 Å². The van der Waals surface area contributed by atoms with Gasteiger partial charge in [-0.1, -0.05) is 39.0 Å². The van der Waals surface area contributed by atoms with Gasteiger partial charge in [0.15, 0.2) is 0 Å². The van der Waals surface area contributed by atoms with Crippen LogP contribution in [0.5, 0.6) is 0 Å². The molecule has 0 aliphatic heterocycles. The highest BCUT2D eigenvalue weighted by atomic mass is 15.0. The Morgan fingerprint density at radius 1 is 0.941 bits per heavy atom. The Morgan fingerprint density at radius 2 is 1.53 bits per heavy atom. The van der Waals surface area contributed by atoms with Crippen LogP contribution in [0.2, 0.25) is 0 Å². The molecule has 0 aliphatic rings. The van der Waals surface area contributed by atoms with Gasteiger partial charge in [-0.05, 0) is 37.8 Å². The molecule has 0 saturated heterocycles. The number of aromatic nitrogens is 1. The summed E-state index contributed by atoms with van der Waals surface area (Å²) >= 11 is 0. The predicted octanol–water partition coefficient (Wildman–Crippen LogP) is 4.49. The lowest BCUT2D eigenvalue weighted by Gasteiger charge is -2.22. The molecular formula is C16H22N. The second kappa shape index (κ2) is 3.63. The van der Waals surface area contributed by atoms with E-state index in [0.717, 1.165) is 0 Å². The molecule has 2 rings (SSSR count). The summed E-state index contributed by atoms with van der Waals surface area (Å²) in [4.78, 5) is 0. The smallest absolute Gasteiger partial charge is 0.0705 e. The zero-order valence-electron chi connectivity index (χ0n) is 11.8. The summed E-state index contributed by atoms with van der Waals surface area (Å²) < 4.78 is 2.27. The van der Waals surface area contributed by atoms with Gasteiger partial charge in [-0.25, -0.2) is 0 Å². The fourth-order valence-electron chi connectivity index (χ4n) is 2.21. The second-order valence-electron chi connectivity index (χ2n) is 6.76. The number of hydrogen-bond acceptors (Lipinski definition) is 0. The topological polar surface area (TPSA) is 4.93 Å². The van der Waals surface area contributed by atoms with Crippen LogP contribution >= 0.6 is 0 Å². The van der Waals surface area contributed by atoms with Gasteiger partial charge in [-0.3, -0.25) is 0 Å². The molecule has 0 saturated carbocycles. The summed E-state index contributed by atoms with van der Waals surface area (Å²) in [6.45, 7) is 13.4. The third-order valence-electron chi connectivity index (χ3n) is 3.06. The first kappa shape index (κ1) is 12.2. The van der Waals surface area contributed by atoms with Crippen molar-refractivity contribution < 1.29 is 0 Å². The van der Waals surface area contributed by atoms with Crippen molar-refractivity contribution in [2.45, 2.75) is 52.5 Å². The van der Waals surface area contributed by atoms with E-state index < -0.39 is 0 Å². The lowest BCUT2D eigenvalue weighted by molar-refractivity contribution is 0.405. The molecule has 91 valence electrons. The van der Waals surface area contributed by atoms with Gasteiger partial charge in [0.1, 0.15) is 0 Å². The highest BCUT2D eigenvalue weighted by molar-refractivity contribution is 5.85. The molecule has 0 unspecified atom stereocenters. The van der Waals surface area contributed by atoms with Crippen molar-refractivity contribution >= 4 is 10.9 Å². The van der Waals surface area contributed by atoms with E-state index in [1.54, 1.807) is 0 Å². The van der Waals surface area contributed by atoms with Crippen LogP contribution < -0.4 is 0 Å². The molecule has 0 bridgehead atoms. The van der Waals surface area contributed by atoms with E-state index in [1.807, 2.05) is 0 Å². The quantitative estimate of drug-likeness (QED) is 0.626. The van der Waals surface area contributed by atoms with Gasteiger partial charge in [0.25, 0.3) is 0 Å². The molecule has 1 radical (unpaired) electrons. The summed E-state index contributed by atoms with van der Waals surface area (Å²) in [5.74, 6) is 0. The Bertz CT molecular complexity index is 485. The Kier molecular flexibility index (Phi) is 2.61. The molecule has 2 aromatic rings. The first-order valence-corrected chi connectivity index (χ1v) is 6.25. The number of nitrogens with zero attached hydrogens (tertiary/aromatic N) is 1. The largest absolute Gasteiger partial charge is 0.334 e. The van der Waals surface area contributed by atoms with Gasteiger partial charge in [-0.15, -0.1) is 0 Å². The van der Waals surface area contributed by atoms with Crippen LogP contribution in [-0.4, -0.2) is 4.57 Å². The van der Waals surface area contributed by atoms with E-state index in [1.165, 1.54) is 16.5 Å². The van der Waals surface area contributed by atoms with Crippen molar-refractivity contribution in [2.24, 2.45) is 0 Å². The highest BCUT2D eigenvalue weighted by Crippen LogP contribution is 2.33. The molecule has 0 amide bonds. The van der Waals surface area contributed by atoms with Gasteiger partial charge < -0.3 is 4.57 Å². The Hall–Kier alpha value is -1.24. The third-order valence-corrected chi connectivity index (χ3v) is 3.06. The van der Waals surface area contributed by atoms with Crippen molar-refractivity contribution in [3.05, 3.63) is 36.0 Å². The Balaban J connectivity index is 2.81. The fraction of sp³-hybridized carbons (Fsp3) is 0.500. The molecular weight excluding hydrogens is 206 g/mol. The summed E-state index contributed by atoms with van der Waals surface area (Å²) in [5, 5.41) is 1.33. The van der Waals surface area contributed by atoms with Crippen LogP contribution in [0.3, 0.4) is 0 Å². The Morgan fingerprint density at radius 3 is 2.06 bits per heavy atom. The minimum Gasteiger partial charge on any atom is -0.334 e. The van der Waals surface area contributed by atoms with Crippen molar-refractivity contribution in [3.8, 4) is 0 Å². The maximum atomic E-state index is 3.59. The molecule has 1 heteroatoms. The molecule has 17 heavy (non-hydrogen) atoms. The molecule has 0 aliphatic carbocycles. The zero-order chi connectivity index (χ0) is 12.8. The predicted molar refractivity (Wildman–Crippen MR) is 74.5 cm³/mol. The molecule has 1 aromatic carbocycles. The van der Waals surface area contributed by atoms with E-state index >= 15 is 0 Å². The van der Waals surface area contributed by atoms with Gasteiger partial charge in [0.05, 0.1) is 6.20 Å². The van der Waals surface area contributed by atoms with Crippen LogP contribution in [0.1, 0.15) is 47.1 Å². The molecule has 0 N–H and O–H groups in total. The van der Waals surface area contributed by atoms with Crippen molar-refractivity contribution in [3.63, 3.8) is 0 Å². The van der Waals surface area contributed by atoms with Gasteiger partial charge in [0.2, 0.25) is 0 Å². The minimum absolute atomic E-state index is 0.0725. The van der Waals surface area contributed by atoms with Crippen LogP contribution in [0, 0.1) is 6.20 Å². The number of hydrogen-bond donors (Lipinski definition) is 0. The normalized spacial score (nSPS) is 13.3. The van der Waals surface area contributed by atoms with Gasteiger partial charge in [-0.2, -0.15) is 0 Å². The van der Waals surface area contributed by atoms with Crippen LogP contribution in [0.25, 0.3) is 10.9 Å². The minimum atomic E-state index is 0.0725. The van der Waals surface area contributed by atoms with Crippen LogP contribution in [0.15, 0.2) is 24.3 Å². The van der Waals surface area contributed by atoms with Crippen molar-refractivity contribution in [1.29, 1.82) is 0 Å². The molecule has 0 fully saturated rings. The van der Waals surface area contributed by atoms with E-state index in [2.05, 4.69) is 76.6 Å². The maximum Gasteiger partial charge on any atom is 0.0705 e. The van der Waals surface area contributed by atoms with Gasteiger partial charge in [0, 0.05) is 16.4 Å². The van der Waals surface area contributed by atoms with Crippen LogP contribution in [-0.2, 0) is 11.0 Å². The second-order valence-corrected chi connectivity index (χ2v) is 6.76. The van der Waals surface area contributed by atoms with E-state index in [0.29, 0.717) is 0 Å². The number of benzene rings is 1. The lowest BCUT2D eigenvalue weighted by Crippen LogP contribution is -2.21. The molecule has 1 nitrogen and oxygen atoms in total. The number of fused-ring (bicyclic) bond motifs is 1. The highest BCUT2D eigenvalue weighted by Gasteiger charge is 2.24. The first-order valence-electron chi connectivity index (χ1n) is 6.25. The molecule has 0 spiro atoms. The summed E-state index contributed by atoms with van der Waals surface area (Å²) in [6, 6.07) is 8.60. The van der Waals surface area contributed by atoms with Gasteiger partial charge >= 0.3 is 0 Å². The zero-order valence-corrected chi connectivity index (χ0v) is 11.8. The summed E-state index contributed by atoms with van der Waals surface area (Å²) in [5.41, 5.74) is 2.80. The Labute approximate surface area is 104 Å². The molecule has 1 aromatic heterocycles. The van der Waals surface area contributed by atoms with E-state index in [9.17, 15) is 0 Å². The third kappa shape index (κ3) is 2.11. The van der Waals surface area contributed by atoms with E-state index in [-0.39, 0.29) is 11.0 Å². The number of para-hydroxylation sites is 1. The summed E-state index contributed by atoms with van der Waals surface area (Å²) in [7, 11) is 0. The SMILES string of the molecule is CC(C)(C)c1[c]n(C(C)(C)C)c2ccccc12. The first-order chi connectivity index (χ1) is 7.71.